The molecule has 0 bridgehead atoms. The standard InChI is InChI=1S/C84H66N8/c1-51-45-71-63(33-21-41-85-71)55(5)81(51)89(59-25-13-9-14-26-59)75-49-76(90(60-27-15-10-16-28-60)82-52(2)46-72-64(56(82)6)34-22-42-86-72)68-39-40-70-78(92(62-31-19-12-20-32-62)84-54(4)48-74-66(58(84)8)36-24-44-88-74)50-77(69-38-37-67(75)79(68)80(69)70)91(61-29-17-11-18-30-61)83-53(3)47-73-65(57(83)7)35-23-43-87-73/h9-50H,1-8H3. The van der Waals surface area contributed by atoms with Crippen molar-refractivity contribution in [3.05, 3.63) is 300 Å². The van der Waals surface area contributed by atoms with E-state index in [0.717, 1.165) is 189 Å². The molecule has 16 rings (SSSR count). The van der Waals surface area contributed by atoms with E-state index in [0.29, 0.717) is 0 Å². The number of hydrogen-bond donors (Lipinski definition) is 0. The molecular formula is C84H66N8. The fourth-order valence-corrected chi connectivity index (χ4v) is 15.1. The van der Waals surface area contributed by atoms with E-state index < -0.39 is 0 Å². The predicted molar refractivity (Wildman–Crippen MR) is 388 cm³/mol. The lowest BCUT2D eigenvalue weighted by molar-refractivity contribution is 1.21. The maximum atomic E-state index is 4.94. The number of nitrogens with zero attached hydrogens (tertiary/aromatic N) is 8. The number of aromatic nitrogens is 4. The van der Waals surface area contributed by atoms with Gasteiger partial charge in [0.15, 0.2) is 0 Å². The first-order valence-electron chi connectivity index (χ1n) is 31.6. The summed E-state index contributed by atoms with van der Waals surface area (Å²) in [5.74, 6) is 0. The van der Waals surface area contributed by atoms with Crippen LogP contribution in [0.5, 0.6) is 0 Å². The van der Waals surface area contributed by atoms with Crippen LogP contribution in [-0.2, 0) is 0 Å². The summed E-state index contributed by atoms with van der Waals surface area (Å²) < 4.78 is 0. The molecule has 0 radical (unpaired) electrons. The van der Waals surface area contributed by atoms with Crippen LogP contribution in [0.1, 0.15) is 44.5 Å². The zero-order valence-corrected chi connectivity index (χ0v) is 52.8. The van der Waals surface area contributed by atoms with Gasteiger partial charge in [0, 0.05) is 101 Å². The van der Waals surface area contributed by atoms with Crippen LogP contribution in [0, 0.1) is 55.4 Å². The van der Waals surface area contributed by atoms with Crippen LogP contribution in [0.3, 0.4) is 0 Å². The molecule has 442 valence electrons. The van der Waals surface area contributed by atoms with E-state index in [-0.39, 0.29) is 0 Å². The summed E-state index contributed by atoms with van der Waals surface area (Å²) in [6.07, 6.45) is 7.59. The second kappa shape index (κ2) is 22.2. The fraction of sp³-hybridized carbons (Fsp3) is 0.0952. The molecule has 0 atom stereocenters. The van der Waals surface area contributed by atoms with Crippen molar-refractivity contribution in [2.24, 2.45) is 0 Å². The van der Waals surface area contributed by atoms with Gasteiger partial charge in [0.25, 0.3) is 0 Å². The molecule has 8 heteroatoms. The Morgan fingerprint density at radius 3 is 0.652 bits per heavy atom. The zero-order chi connectivity index (χ0) is 62.5. The third kappa shape index (κ3) is 8.88. The molecule has 0 spiro atoms. The molecule has 16 aromatic rings. The lowest BCUT2D eigenvalue weighted by Crippen LogP contribution is -2.18. The molecule has 0 aliphatic rings. The molecule has 8 nitrogen and oxygen atoms in total. The molecule has 4 heterocycles. The molecule has 92 heavy (non-hydrogen) atoms. The van der Waals surface area contributed by atoms with E-state index in [1.54, 1.807) is 0 Å². The number of fused-ring (bicyclic) bond motifs is 4. The van der Waals surface area contributed by atoms with Gasteiger partial charge in [0.05, 0.1) is 67.6 Å². The SMILES string of the molecule is Cc1cc2ncccc2c(C)c1N(c1ccccc1)c1cc(N(c2ccccc2)c2c(C)cc3ncccc3c2C)c2ccc3c(N(c4ccccc4)c4c(C)cc5ncccc5c4C)cc(N(c4ccccc4)c4c(C)cc5ncccc5c4C)c4ccc1c2c43. The van der Waals surface area contributed by atoms with E-state index in [1.807, 2.05) is 24.8 Å². The average Bonchev–Trinajstić information content (AvgIpc) is 0.699. The molecule has 0 fully saturated rings. The average molecular weight is 1190 g/mol. The molecular weight excluding hydrogens is 1120 g/mol. The van der Waals surface area contributed by atoms with Gasteiger partial charge in [-0.1, -0.05) is 121 Å². The van der Waals surface area contributed by atoms with Crippen LogP contribution in [-0.4, -0.2) is 19.9 Å². The molecule has 0 aliphatic heterocycles. The van der Waals surface area contributed by atoms with Crippen molar-refractivity contribution in [3.63, 3.8) is 0 Å². The summed E-state index contributed by atoms with van der Waals surface area (Å²) in [5, 5.41) is 11.1. The molecule has 0 aliphatic carbocycles. The smallest absolute Gasteiger partial charge is 0.0708 e. The predicted octanol–water partition coefficient (Wildman–Crippen LogP) is 23.1. The second-order valence-corrected chi connectivity index (χ2v) is 24.5. The summed E-state index contributed by atoms with van der Waals surface area (Å²) >= 11 is 0. The summed E-state index contributed by atoms with van der Waals surface area (Å²) in [7, 11) is 0. The number of anilines is 12. The van der Waals surface area contributed by atoms with Crippen LogP contribution < -0.4 is 19.6 Å². The third-order valence-corrected chi connectivity index (χ3v) is 19.0. The topological polar surface area (TPSA) is 64.5 Å². The molecule has 12 aromatic carbocycles. The Morgan fingerprint density at radius 2 is 0.435 bits per heavy atom. The van der Waals surface area contributed by atoms with Crippen molar-refractivity contribution in [2.75, 3.05) is 19.6 Å². The van der Waals surface area contributed by atoms with E-state index in [4.69, 9.17) is 19.9 Å². The highest BCUT2D eigenvalue weighted by Crippen LogP contribution is 2.57. The molecule has 4 aromatic heterocycles. The quantitative estimate of drug-likeness (QED) is 0.112. The van der Waals surface area contributed by atoms with E-state index in [1.165, 1.54) is 0 Å². The molecule has 0 saturated heterocycles. The molecule has 0 saturated carbocycles. The largest absolute Gasteiger partial charge is 0.309 e. The number of pyridine rings is 4. The third-order valence-electron chi connectivity index (χ3n) is 19.0. The van der Waals surface area contributed by atoms with Crippen LogP contribution in [0.4, 0.5) is 68.2 Å². The Labute approximate surface area is 535 Å². The van der Waals surface area contributed by atoms with Crippen molar-refractivity contribution in [3.8, 4) is 0 Å². The van der Waals surface area contributed by atoms with Crippen LogP contribution >= 0.6 is 0 Å². The van der Waals surface area contributed by atoms with Crippen LogP contribution in [0.25, 0.3) is 75.9 Å². The van der Waals surface area contributed by atoms with E-state index in [9.17, 15) is 0 Å². The first kappa shape index (κ1) is 55.8. The minimum Gasteiger partial charge on any atom is -0.309 e. The van der Waals surface area contributed by atoms with Crippen molar-refractivity contribution in [1.82, 2.24) is 19.9 Å². The maximum absolute atomic E-state index is 4.94. The van der Waals surface area contributed by atoms with Crippen LogP contribution in [0.2, 0.25) is 0 Å². The second-order valence-electron chi connectivity index (χ2n) is 24.5. The monoisotopic (exact) mass is 1190 g/mol. The normalized spacial score (nSPS) is 11.7. The van der Waals surface area contributed by atoms with Gasteiger partial charge in [-0.25, -0.2) is 0 Å². The van der Waals surface area contributed by atoms with Gasteiger partial charge < -0.3 is 19.6 Å². The van der Waals surface area contributed by atoms with Gasteiger partial charge in [-0.3, -0.25) is 19.9 Å². The Bertz CT molecular complexity index is 4890. The van der Waals surface area contributed by atoms with Gasteiger partial charge in [-0.15, -0.1) is 0 Å². The Balaban J connectivity index is 1.14. The van der Waals surface area contributed by atoms with Crippen LogP contribution in [0.15, 0.2) is 255 Å². The van der Waals surface area contributed by atoms with Crippen molar-refractivity contribution < 1.29 is 0 Å². The van der Waals surface area contributed by atoms with Crippen molar-refractivity contribution >= 4 is 144 Å². The lowest BCUT2D eigenvalue weighted by atomic mass is 9.88. The minimum atomic E-state index is 0.967. The summed E-state index contributed by atoms with van der Waals surface area (Å²) in [6.45, 7) is 18.0. The van der Waals surface area contributed by atoms with Gasteiger partial charge in [-0.05, 0) is 209 Å². The van der Waals surface area contributed by atoms with E-state index >= 15 is 0 Å². The minimum absolute atomic E-state index is 0.967. The Hall–Kier alpha value is -11.5. The number of aryl methyl sites for hydroxylation is 8. The number of para-hydroxylation sites is 4. The highest BCUT2D eigenvalue weighted by atomic mass is 15.2. The van der Waals surface area contributed by atoms with Crippen molar-refractivity contribution in [2.45, 2.75) is 55.4 Å². The van der Waals surface area contributed by atoms with Gasteiger partial charge in [0.2, 0.25) is 0 Å². The fourth-order valence-electron chi connectivity index (χ4n) is 15.1. The summed E-state index contributed by atoms with van der Waals surface area (Å²) in [4.78, 5) is 29.9. The summed E-state index contributed by atoms with van der Waals surface area (Å²) in [6, 6.07) is 84.4. The molecule has 0 N–H and O–H groups in total. The first-order valence-corrected chi connectivity index (χ1v) is 31.6. The Morgan fingerprint density at radius 1 is 0.217 bits per heavy atom. The maximum Gasteiger partial charge on any atom is 0.0708 e. The van der Waals surface area contributed by atoms with Gasteiger partial charge >= 0.3 is 0 Å². The van der Waals surface area contributed by atoms with Gasteiger partial charge in [0.1, 0.15) is 0 Å². The first-order chi connectivity index (χ1) is 45.0. The molecule has 0 unspecified atom stereocenters. The Kier molecular flexibility index (Phi) is 13.5. The number of hydrogen-bond acceptors (Lipinski definition) is 8. The zero-order valence-electron chi connectivity index (χ0n) is 52.8. The van der Waals surface area contributed by atoms with E-state index in [2.05, 4.69) is 306 Å². The molecule has 0 amide bonds. The summed E-state index contributed by atoms with van der Waals surface area (Å²) in [5.41, 5.74) is 25.7. The lowest BCUT2D eigenvalue weighted by Gasteiger charge is -2.36. The highest BCUT2D eigenvalue weighted by molar-refractivity contribution is 6.33. The van der Waals surface area contributed by atoms with Crippen molar-refractivity contribution in [1.29, 1.82) is 0 Å². The number of benzene rings is 12. The van der Waals surface area contributed by atoms with Gasteiger partial charge in [-0.2, -0.15) is 0 Å². The highest BCUT2D eigenvalue weighted by Gasteiger charge is 2.33. The number of rotatable bonds is 12.